The van der Waals surface area contributed by atoms with Crippen molar-refractivity contribution in [3.05, 3.63) is 29.8 Å². The second kappa shape index (κ2) is 4.57. The molecule has 0 aliphatic carbocycles. The van der Waals surface area contributed by atoms with Gasteiger partial charge in [-0.3, -0.25) is 4.79 Å². The van der Waals surface area contributed by atoms with Crippen LogP contribution in [0.1, 0.15) is 5.56 Å². The number of rotatable bonds is 2. The van der Waals surface area contributed by atoms with E-state index in [0.717, 1.165) is 24.3 Å². The Hall–Kier alpha value is -1.16. The quantitative estimate of drug-likeness (QED) is 0.791. The lowest BCUT2D eigenvalue weighted by molar-refractivity contribution is -0.120. The Kier molecular flexibility index (Phi) is 3.16. The lowest BCUT2D eigenvalue weighted by Crippen LogP contribution is -2.40. The number of nitrogens with one attached hydrogen (secondary N) is 1. The molecule has 2 rings (SSSR count). The van der Waals surface area contributed by atoms with Crippen molar-refractivity contribution in [2.45, 2.75) is 11.7 Å². The molecule has 1 fully saturated rings. The first-order valence-electron chi connectivity index (χ1n) is 4.93. The summed E-state index contributed by atoms with van der Waals surface area (Å²) in [6, 6.07) is 7.02. The molecule has 0 spiro atoms. The van der Waals surface area contributed by atoms with E-state index < -0.39 is 0 Å². The maximum Gasteiger partial charge on any atom is 0.233 e. The summed E-state index contributed by atoms with van der Waals surface area (Å²) < 4.78 is 0. The van der Waals surface area contributed by atoms with E-state index in [1.54, 1.807) is 23.9 Å². The van der Waals surface area contributed by atoms with Crippen LogP contribution >= 0.6 is 11.8 Å². The van der Waals surface area contributed by atoms with Gasteiger partial charge < -0.3 is 10.4 Å². The van der Waals surface area contributed by atoms with Gasteiger partial charge in [-0.2, -0.15) is 0 Å². The lowest BCUT2D eigenvalue weighted by Gasteiger charge is -2.21. The van der Waals surface area contributed by atoms with Gasteiger partial charge in [-0.05, 0) is 24.1 Å². The molecule has 1 aliphatic heterocycles. The number of hydrogen-bond acceptors (Lipinski definition) is 3. The average molecular weight is 223 g/mol. The number of aromatic hydroxyl groups is 1. The molecule has 1 aromatic carbocycles. The predicted molar refractivity (Wildman–Crippen MR) is 61.1 cm³/mol. The van der Waals surface area contributed by atoms with Crippen molar-refractivity contribution in [1.29, 1.82) is 0 Å². The first-order chi connectivity index (χ1) is 7.25. The van der Waals surface area contributed by atoms with Crippen LogP contribution in [0.4, 0.5) is 0 Å². The summed E-state index contributed by atoms with van der Waals surface area (Å²) in [6.07, 6.45) is 0.733. The maximum atomic E-state index is 11.5. The summed E-state index contributed by atoms with van der Waals surface area (Å²) in [6.45, 7) is 0.773. The van der Waals surface area contributed by atoms with Crippen LogP contribution in [0.5, 0.6) is 5.75 Å². The molecule has 4 heteroatoms. The highest BCUT2D eigenvalue weighted by atomic mass is 32.2. The van der Waals surface area contributed by atoms with Crippen molar-refractivity contribution in [3.63, 3.8) is 0 Å². The summed E-state index contributed by atoms with van der Waals surface area (Å²) >= 11 is 1.70. The number of benzene rings is 1. The second-order valence-electron chi connectivity index (χ2n) is 3.52. The first-order valence-corrected chi connectivity index (χ1v) is 5.98. The summed E-state index contributed by atoms with van der Waals surface area (Å²) in [5.74, 6) is 1.37. The Labute approximate surface area is 92.9 Å². The van der Waals surface area contributed by atoms with Crippen molar-refractivity contribution in [1.82, 2.24) is 5.32 Å². The molecule has 1 heterocycles. The van der Waals surface area contributed by atoms with E-state index in [2.05, 4.69) is 5.32 Å². The number of carbonyl (C=O) groups is 1. The third-order valence-electron chi connectivity index (χ3n) is 2.37. The zero-order valence-electron chi connectivity index (χ0n) is 8.27. The van der Waals surface area contributed by atoms with Crippen LogP contribution in [0, 0.1) is 0 Å². The smallest absolute Gasteiger partial charge is 0.233 e. The number of phenolic OH excluding ortho intramolecular Hbond substituents is 1. The molecule has 0 aromatic heterocycles. The Morgan fingerprint density at radius 1 is 1.40 bits per heavy atom. The summed E-state index contributed by atoms with van der Waals surface area (Å²) in [5, 5.41) is 12.0. The van der Waals surface area contributed by atoms with Crippen LogP contribution in [0.25, 0.3) is 0 Å². The van der Waals surface area contributed by atoms with Crippen molar-refractivity contribution in [2.75, 3.05) is 12.3 Å². The van der Waals surface area contributed by atoms with E-state index in [1.165, 1.54) is 0 Å². The molecule has 1 unspecified atom stereocenters. The molecule has 1 atom stereocenters. The van der Waals surface area contributed by atoms with Gasteiger partial charge in [-0.1, -0.05) is 12.1 Å². The lowest BCUT2D eigenvalue weighted by atomic mass is 10.1. The summed E-state index contributed by atoms with van der Waals surface area (Å²) in [5.41, 5.74) is 1.09. The molecule has 2 N–H and O–H groups in total. The molecule has 1 aromatic rings. The number of amides is 1. The van der Waals surface area contributed by atoms with E-state index in [4.69, 9.17) is 5.11 Å². The molecule has 0 saturated carbocycles. The van der Waals surface area contributed by atoms with E-state index in [9.17, 15) is 4.79 Å². The van der Waals surface area contributed by atoms with Crippen LogP contribution in [0.2, 0.25) is 0 Å². The molecule has 0 bridgehead atoms. The Balaban J connectivity index is 2.01. The highest BCUT2D eigenvalue weighted by Gasteiger charge is 2.22. The van der Waals surface area contributed by atoms with Crippen molar-refractivity contribution < 1.29 is 9.90 Å². The SMILES string of the molecule is O=C1NCCSC1Cc1ccc(O)cc1. The molecule has 1 aliphatic rings. The standard InChI is InChI=1S/C11H13NO2S/c13-9-3-1-8(2-4-9)7-10-11(14)12-5-6-15-10/h1-4,10,13H,5-7H2,(H,12,14). The van der Waals surface area contributed by atoms with Gasteiger partial charge in [0.25, 0.3) is 0 Å². The zero-order valence-corrected chi connectivity index (χ0v) is 9.09. The number of thioether (sulfide) groups is 1. The van der Waals surface area contributed by atoms with Crippen LogP contribution < -0.4 is 5.32 Å². The predicted octanol–water partition coefficient (Wildman–Crippen LogP) is 1.17. The van der Waals surface area contributed by atoms with E-state index in [1.807, 2.05) is 12.1 Å². The monoisotopic (exact) mass is 223 g/mol. The van der Waals surface area contributed by atoms with Crippen LogP contribution in [0.3, 0.4) is 0 Å². The molecule has 15 heavy (non-hydrogen) atoms. The minimum atomic E-state index is 0.0169. The fourth-order valence-corrected chi connectivity index (χ4v) is 2.61. The topological polar surface area (TPSA) is 49.3 Å². The first kappa shape index (κ1) is 10.4. The van der Waals surface area contributed by atoms with Gasteiger partial charge in [-0.25, -0.2) is 0 Å². The minimum absolute atomic E-state index is 0.0169. The van der Waals surface area contributed by atoms with Gasteiger partial charge in [0.2, 0.25) is 5.91 Å². The normalized spacial score (nSPS) is 21.1. The van der Waals surface area contributed by atoms with E-state index in [0.29, 0.717) is 0 Å². The molecular weight excluding hydrogens is 210 g/mol. The third kappa shape index (κ3) is 2.65. The number of hydrogen-bond donors (Lipinski definition) is 2. The molecule has 0 radical (unpaired) electrons. The van der Waals surface area contributed by atoms with Gasteiger partial charge >= 0.3 is 0 Å². The van der Waals surface area contributed by atoms with Crippen molar-refractivity contribution >= 4 is 17.7 Å². The Bertz CT molecular complexity index is 350. The Morgan fingerprint density at radius 3 is 2.80 bits per heavy atom. The van der Waals surface area contributed by atoms with Gasteiger partial charge in [0, 0.05) is 12.3 Å². The fourth-order valence-electron chi connectivity index (χ4n) is 1.56. The zero-order chi connectivity index (χ0) is 10.7. The molecule has 3 nitrogen and oxygen atoms in total. The van der Waals surface area contributed by atoms with Crippen LogP contribution in [-0.2, 0) is 11.2 Å². The van der Waals surface area contributed by atoms with Crippen molar-refractivity contribution in [2.24, 2.45) is 0 Å². The van der Waals surface area contributed by atoms with Gasteiger partial charge in [-0.15, -0.1) is 11.8 Å². The third-order valence-corrected chi connectivity index (χ3v) is 3.59. The second-order valence-corrected chi connectivity index (χ2v) is 4.83. The molecule has 1 saturated heterocycles. The van der Waals surface area contributed by atoms with Crippen LogP contribution in [0.15, 0.2) is 24.3 Å². The van der Waals surface area contributed by atoms with Gasteiger partial charge in [0.15, 0.2) is 0 Å². The van der Waals surface area contributed by atoms with Gasteiger partial charge in [0.05, 0.1) is 5.25 Å². The van der Waals surface area contributed by atoms with Crippen LogP contribution in [-0.4, -0.2) is 28.6 Å². The van der Waals surface area contributed by atoms with Gasteiger partial charge in [0.1, 0.15) is 5.75 Å². The minimum Gasteiger partial charge on any atom is -0.508 e. The number of phenols is 1. The highest BCUT2D eigenvalue weighted by Crippen LogP contribution is 2.20. The number of carbonyl (C=O) groups excluding carboxylic acids is 1. The largest absolute Gasteiger partial charge is 0.508 e. The molecule has 80 valence electrons. The fraction of sp³-hybridized carbons (Fsp3) is 0.364. The van der Waals surface area contributed by atoms with E-state index in [-0.39, 0.29) is 16.9 Å². The Morgan fingerprint density at radius 2 is 2.13 bits per heavy atom. The van der Waals surface area contributed by atoms with Crippen molar-refractivity contribution in [3.8, 4) is 5.75 Å². The van der Waals surface area contributed by atoms with E-state index >= 15 is 0 Å². The highest BCUT2D eigenvalue weighted by molar-refractivity contribution is 8.00. The molecular formula is C11H13NO2S. The summed E-state index contributed by atoms with van der Waals surface area (Å²) in [7, 11) is 0. The maximum absolute atomic E-state index is 11.5. The molecule has 1 amide bonds. The summed E-state index contributed by atoms with van der Waals surface area (Å²) in [4.78, 5) is 11.5. The average Bonchev–Trinajstić information content (AvgIpc) is 2.25.